The predicted molar refractivity (Wildman–Crippen MR) is 70.7 cm³/mol. The minimum atomic E-state index is -1.55. The van der Waals surface area contributed by atoms with Crippen molar-refractivity contribution in [2.24, 2.45) is 0 Å². The number of amides is 1. The molecule has 1 amide bonds. The largest absolute Gasteiger partial charge is 0.496 e. The first-order valence-corrected chi connectivity index (χ1v) is 5.87. The summed E-state index contributed by atoms with van der Waals surface area (Å²) in [5.74, 6) is -3.20. The van der Waals surface area contributed by atoms with Crippen LogP contribution >= 0.6 is 0 Å². The van der Waals surface area contributed by atoms with Crippen molar-refractivity contribution in [3.05, 3.63) is 23.8 Å². The maximum Gasteiger partial charge on any atom is 0.326 e. The van der Waals surface area contributed by atoms with Crippen LogP contribution in [0.15, 0.2) is 18.2 Å². The van der Waals surface area contributed by atoms with Crippen molar-refractivity contribution in [3.8, 4) is 11.5 Å². The molecular formula is C13H15NO7. The van der Waals surface area contributed by atoms with Gasteiger partial charge in [-0.25, -0.2) is 4.79 Å². The molecule has 1 atom stereocenters. The van der Waals surface area contributed by atoms with Crippen LogP contribution in [0, 0.1) is 0 Å². The number of methoxy groups -OCH3 is 2. The van der Waals surface area contributed by atoms with Gasteiger partial charge < -0.3 is 25.0 Å². The Morgan fingerprint density at radius 2 is 1.67 bits per heavy atom. The third kappa shape index (κ3) is 4.10. The van der Waals surface area contributed by atoms with Crippen LogP contribution in [0.3, 0.4) is 0 Å². The molecule has 1 aromatic rings. The number of carboxylic acid groups (broad SMARTS) is 2. The van der Waals surface area contributed by atoms with Gasteiger partial charge in [0.25, 0.3) is 5.91 Å². The number of ether oxygens (including phenoxy) is 2. The highest BCUT2D eigenvalue weighted by atomic mass is 16.5. The summed E-state index contributed by atoms with van der Waals surface area (Å²) in [6, 6.07) is 3.06. The van der Waals surface area contributed by atoms with Crippen LogP contribution < -0.4 is 14.8 Å². The van der Waals surface area contributed by atoms with Crippen molar-refractivity contribution in [1.29, 1.82) is 0 Å². The molecule has 1 aromatic carbocycles. The van der Waals surface area contributed by atoms with E-state index in [4.69, 9.17) is 19.7 Å². The lowest BCUT2D eigenvalue weighted by Gasteiger charge is -2.16. The molecule has 0 aliphatic heterocycles. The minimum absolute atomic E-state index is 0.000797. The molecule has 0 aromatic heterocycles. The van der Waals surface area contributed by atoms with Crippen molar-refractivity contribution in [2.75, 3.05) is 14.2 Å². The molecular weight excluding hydrogens is 282 g/mol. The van der Waals surface area contributed by atoms with Gasteiger partial charge in [0.1, 0.15) is 23.1 Å². The second-order valence-electron chi connectivity index (χ2n) is 4.00. The first-order valence-electron chi connectivity index (χ1n) is 5.87. The Morgan fingerprint density at radius 1 is 1.14 bits per heavy atom. The molecule has 0 spiro atoms. The number of aliphatic carboxylic acids is 2. The second kappa shape index (κ2) is 7.13. The van der Waals surface area contributed by atoms with Crippen molar-refractivity contribution >= 4 is 17.8 Å². The summed E-state index contributed by atoms with van der Waals surface area (Å²) in [4.78, 5) is 33.8. The molecule has 0 bridgehead atoms. The summed E-state index contributed by atoms with van der Waals surface area (Å²) in [6.07, 6.45) is -0.738. The van der Waals surface area contributed by atoms with E-state index in [9.17, 15) is 14.4 Å². The lowest BCUT2D eigenvalue weighted by Crippen LogP contribution is -2.42. The summed E-state index contributed by atoms with van der Waals surface area (Å²) in [5.41, 5.74) is -0.000797. The fraction of sp³-hybridized carbons (Fsp3) is 0.308. The van der Waals surface area contributed by atoms with E-state index >= 15 is 0 Å². The number of hydrogen-bond acceptors (Lipinski definition) is 5. The third-order valence-corrected chi connectivity index (χ3v) is 2.64. The van der Waals surface area contributed by atoms with Gasteiger partial charge in [-0.05, 0) is 12.1 Å². The molecule has 8 heteroatoms. The van der Waals surface area contributed by atoms with Gasteiger partial charge in [-0.15, -0.1) is 0 Å². The summed E-state index contributed by atoms with van der Waals surface area (Å²) in [5, 5.41) is 19.7. The fourth-order valence-electron chi connectivity index (χ4n) is 1.68. The molecule has 0 saturated heterocycles. The molecule has 0 saturated carbocycles. The number of hydrogen-bond donors (Lipinski definition) is 3. The number of nitrogens with one attached hydrogen (secondary N) is 1. The van der Waals surface area contributed by atoms with Gasteiger partial charge in [0.2, 0.25) is 0 Å². The summed E-state index contributed by atoms with van der Waals surface area (Å²) >= 11 is 0. The molecule has 0 aliphatic rings. The number of carboxylic acids is 2. The Morgan fingerprint density at radius 3 is 2.05 bits per heavy atom. The van der Waals surface area contributed by atoms with Crippen LogP contribution in [-0.2, 0) is 9.59 Å². The maximum atomic E-state index is 12.2. The van der Waals surface area contributed by atoms with Gasteiger partial charge in [-0.3, -0.25) is 9.59 Å². The van der Waals surface area contributed by atoms with E-state index in [0.717, 1.165) is 0 Å². The van der Waals surface area contributed by atoms with Gasteiger partial charge in [0, 0.05) is 0 Å². The minimum Gasteiger partial charge on any atom is -0.496 e. The van der Waals surface area contributed by atoms with Crippen LogP contribution in [0.2, 0.25) is 0 Å². The van der Waals surface area contributed by atoms with Crippen LogP contribution in [0.1, 0.15) is 16.8 Å². The standard InChI is InChI=1S/C13H15NO7/c1-20-8-4-3-5-9(21-2)11(8)12(17)14-7(13(18)19)6-10(15)16/h3-5,7H,6H2,1-2H3,(H,14,17)(H,15,16)(H,18,19). The average molecular weight is 297 g/mol. The zero-order chi connectivity index (χ0) is 16.0. The molecule has 0 heterocycles. The van der Waals surface area contributed by atoms with Crippen molar-refractivity contribution in [3.63, 3.8) is 0 Å². The predicted octanol–water partition coefficient (Wildman–Crippen LogP) is 0.361. The van der Waals surface area contributed by atoms with Gasteiger partial charge >= 0.3 is 11.9 Å². The van der Waals surface area contributed by atoms with Gasteiger partial charge in [0.05, 0.1) is 20.6 Å². The van der Waals surface area contributed by atoms with E-state index in [2.05, 4.69) is 5.32 Å². The highest BCUT2D eigenvalue weighted by Gasteiger charge is 2.26. The molecule has 0 aliphatic carbocycles. The fourth-order valence-corrected chi connectivity index (χ4v) is 1.68. The lowest BCUT2D eigenvalue weighted by molar-refractivity contribution is -0.145. The Balaban J connectivity index is 3.07. The lowest BCUT2D eigenvalue weighted by atomic mass is 10.1. The monoisotopic (exact) mass is 297 g/mol. The molecule has 0 radical (unpaired) electrons. The van der Waals surface area contributed by atoms with E-state index in [0.29, 0.717) is 0 Å². The Kier molecular flexibility index (Phi) is 5.53. The quantitative estimate of drug-likeness (QED) is 0.664. The van der Waals surface area contributed by atoms with Gasteiger partial charge in [-0.1, -0.05) is 6.07 Å². The number of carbonyl (C=O) groups excluding carboxylic acids is 1. The van der Waals surface area contributed by atoms with E-state index in [1.807, 2.05) is 0 Å². The molecule has 21 heavy (non-hydrogen) atoms. The average Bonchev–Trinajstić information content (AvgIpc) is 2.44. The SMILES string of the molecule is COc1cccc(OC)c1C(=O)NC(CC(=O)O)C(=O)O. The topological polar surface area (TPSA) is 122 Å². The van der Waals surface area contributed by atoms with Crippen molar-refractivity contribution in [1.82, 2.24) is 5.32 Å². The summed E-state index contributed by atoms with van der Waals surface area (Å²) in [6.45, 7) is 0. The Labute approximate surface area is 120 Å². The summed E-state index contributed by atoms with van der Waals surface area (Å²) < 4.78 is 10.1. The zero-order valence-corrected chi connectivity index (χ0v) is 11.5. The van der Waals surface area contributed by atoms with Gasteiger partial charge in [0.15, 0.2) is 0 Å². The molecule has 0 fully saturated rings. The Bertz CT molecular complexity index is 533. The van der Waals surface area contributed by atoms with Crippen LogP contribution in [0.25, 0.3) is 0 Å². The van der Waals surface area contributed by atoms with E-state index in [1.165, 1.54) is 26.4 Å². The highest BCUT2D eigenvalue weighted by Crippen LogP contribution is 2.28. The molecule has 114 valence electrons. The van der Waals surface area contributed by atoms with E-state index in [1.54, 1.807) is 6.07 Å². The normalized spacial score (nSPS) is 11.3. The maximum absolute atomic E-state index is 12.2. The number of carbonyl (C=O) groups is 3. The molecule has 8 nitrogen and oxygen atoms in total. The van der Waals surface area contributed by atoms with Crippen molar-refractivity contribution < 1.29 is 34.1 Å². The first-order chi connectivity index (χ1) is 9.90. The Hall–Kier alpha value is -2.77. The van der Waals surface area contributed by atoms with Crippen LogP contribution in [0.5, 0.6) is 11.5 Å². The zero-order valence-electron chi connectivity index (χ0n) is 11.5. The molecule has 1 unspecified atom stereocenters. The van der Waals surface area contributed by atoms with Crippen molar-refractivity contribution in [2.45, 2.75) is 12.5 Å². The second-order valence-corrected chi connectivity index (χ2v) is 4.00. The first kappa shape index (κ1) is 16.3. The highest BCUT2D eigenvalue weighted by molar-refractivity contribution is 6.01. The van der Waals surface area contributed by atoms with Crippen LogP contribution in [-0.4, -0.2) is 48.3 Å². The number of benzene rings is 1. The van der Waals surface area contributed by atoms with E-state index < -0.39 is 30.3 Å². The smallest absolute Gasteiger partial charge is 0.326 e. The molecule has 1 rings (SSSR count). The molecule has 3 N–H and O–H groups in total. The third-order valence-electron chi connectivity index (χ3n) is 2.64. The van der Waals surface area contributed by atoms with Gasteiger partial charge in [-0.2, -0.15) is 0 Å². The number of rotatable bonds is 7. The summed E-state index contributed by atoms with van der Waals surface area (Å²) in [7, 11) is 2.69. The van der Waals surface area contributed by atoms with E-state index in [-0.39, 0.29) is 17.1 Å². The van der Waals surface area contributed by atoms with Crippen LogP contribution in [0.4, 0.5) is 0 Å².